The van der Waals surface area contributed by atoms with E-state index in [1.165, 1.54) is 0 Å². The van der Waals surface area contributed by atoms with Crippen molar-refractivity contribution in [1.82, 2.24) is 0 Å². The molecule has 0 spiro atoms. The van der Waals surface area contributed by atoms with Crippen molar-refractivity contribution in [3.63, 3.8) is 0 Å². The molecule has 4 nitrogen and oxygen atoms in total. The summed E-state index contributed by atoms with van der Waals surface area (Å²) in [4.78, 5) is 12.6. The molecule has 0 aliphatic carbocycles. The van der Waals surface area contributed by atoms with E-state index in [0.717, 1.165) is 16.9 Å². The smallest absolute Gasteiger partial charge is 0.316 e. The zero-order chi connectivity index (χ0) is 4.62. The van der Waals surface area contributed by atoms with E-state index >= 15 is 0 Å². The summed E-state index contributed by atoms with van der Waals surface area (Å²) < 4.78 is -0.868. The average molecular weight is 179 g/mol. The molecule has 6 heteroatoms. The van der Waals surface area contributed by atoms with E-state index in [-0.39, 0.29) is 23.1 Å². The summed E-state index contributed by atoms with van der Waals surface area (Å²) in [6, 6.07) is 0. The fraction of sp³-hybridized carbons (Fsp3) is 1.00. The van der Waals surface area contributed by atoms with Crippen molar-refractivity contribution >= 4 is 39.9 Å². The van der Waals surface area contributed by atoms with E-state index in [4.69, 9.17) is 0 Å². The largest absolute Gasteiger partial charge is 0.316 e. The second-order valence-corrected chi connectivity index (χ2v) is 2.37. The van der Waals surface area contributed by atoms with Gasteiger partial charge in [0.25, 0.3) is 0 Å². The first-order valence-corrected chi connectivity index (χ1v) is 2.51. The maximum atomic E-state index is 4.63. The first kappa shape index (κ1) is 8.16. The van der Waals surface area contributed by atoms with Crippen molar-refractivity contribution < 1.29 is 14.6 Å². The molecule has 1 fully saturated rings. The third-order valence-corrected chi connectivity index (χ3v) is 1.10. The minimum atomic E-state index is -0.868. The van der Waals surface area contributed by atoms with Crippen LogP contribution in [-0.2, 0) is 14.6 Å². The fourth-order valence-electron chi connectivity index (χ4n) is 0.0804. The Bertz CT molecular complexity index is 66.0. The van der Waals surface area contributed by atoms with Gasteiger partial charge < -0.3 is 0 Å². The van der Waals surface area contributed by atoms with Crippen LogP contribution in [0.5, 0.6) is 0 Å². The third-order valence-electron chi connectivity index (χ3n) is 0.412. The molecule has 7 heavy (non-hydrogen) atoms. The van der Waals surface area contributed by atoms with Gasteiger partial charge in [0, 0.05) is 0 Å². The van der Waals surface area contributed by atoms with Gasteiger partial charge >= 0.3 is 65.2 Å². The van der Waals surface area contributed by atoms with Gasteiger partial charge in [0.15, 0.2) is 0 Å². The molecular formula is CH6AsMgNO3. The summed E-state index contributed by atoms with van der Waals surface area (Å²) in [5.41, 5.74) is 0. The van der Waals surface area contributed by atoms with Gasteiger partial charge in [0.2, 0.25) is 0 Å². The molecule has 0 radical (unpaired) electrons. The molecule has 1 saturated heterocycles. The maximum absolute atomic E-state index is 4.63. The molecule has 0 amide bonds. The van der Waals surface area contributed by atoms with Crippen LogP contribution >= 0.6 is 0 Å². The van der Waals surface area contributed by atoms with Crippen molar-refractivity contribution in [3.05, 3.63) is 0 Å². The van der Waals surface area contributed by atoms with Crippen molar-refractivity contribution in [3.8, 4) is 0 Å². The minimum Gasteiger partial charge on any atom is 0.316 e. The van der Waals surface area contributed by atoms with Crippen molar-refractivity contribution in [2.75, 3.05) is 0 Å². The van der Waals surface area contributed by atoms with Crippen LogP contribution in [0.4, 0.5) is 0 Å². The summed E-state index contributed by atoms with van der Waals surface area (Å²) in [6.07, 6.45) is 0. The van der Waals surface area contributed by atoms with Crippen LogP contribution in [0.2, 0.25) is 0 Å². The van der Waals surface area contributed by atoms with Crippen molar-refractivity contribution in [2.45, 2.75) is 4.76 Å². The minimum absolute atomic E-state index is 0. The predicted octanol–water partition coefficient (Wildman–Crippen LogP) is -2.83. The first-order valence-electron chi connectivity index (χ1n) is 1.30. The van der Waals surface area contributed by atoms with Gasteiger partial charge in [-0.05, 0) is 0 Å². The van der Waals surface area contributed by atoms with E-state index in [9.17, 15) is 0 Å². The first-order chi connectivity index (χ1) is 2.77. The molecule has 0 bridgehead atoms. The molecule has 40 valence electrons. The van der Waals surface area contributed by atoms with Gasteiger partial charge in [0.1, 0.15) is 0 Å². The Kier molecular flexibility index (Phi) is 3.07. The molecule has 1 rings (SSSR count). The normalized spacial score (nSPS) is 23.1. The van der Waals surface area contributed by atoms with Crippen LogP contribution in [0.25, 0.3) is 0 Å². The summed E-state index contributed by atoms with van der Waals surface area (Å²) in [5.74, 6) is 4.63. The quantitative estimate of drug-likeness (QED) is 0.204. The van der Waals surface area contributed by atoms with Gasteiger partial charge in [-0.3, -0.25) is 0 Å². The number of hydrogen-bond acceptors (Lipinski definition) is 4. The zero-order valence-corrected chi connectivity index (χ0v) is 5.30. The number of nitrogens with two attached hydrogens (primary N) is 1. The van der Waals surface area contributed by atoms with Gasteiger partial charge in [-0.1, -0.05) is 0 Å². The Hall–Kier alpha value is 1.16. The summed E-state index contributed by atoms with van der Waals surface area (Å²) in [7, 11) is 0. The summed E-state index contributed by atoms with van der Waals surface area (Å²) >= 11 is 1.15. The van der Waals surface area contributed by atoms with Gasteiger partial charge in [-0.15, -0.1) is 0 Å². The number of rotatable bonds is 1. The molecule has 1 aliphatic rings. The molecule has 0 aromatic carbocycles. The standard InChI is InChI=1S/CH4AsNO3.Mg.2H/c2-1(4-3)5-6-1;;;/h2-3H2;;;. The Balaban J connectivity index is 0.000000360. The van der Waals surface area contributed by atoms with E-state index in [0.29, 0.717) is 0 Å². The van der Waals surface area contributed by atoms with E-state index in [1.807, 2.05) is 0 Å². The van der Waals surface area contributed by atoms with Gasteiger partial charge in [-0.25, -0.2) is 0 Å². The Labute approximate surface area is 65.2 Å². The van der Waals surface area contributed by atoms with Gasteiger partial charge in [-0.2, -0.15) is 0 Å². The SMILES string of the molecule is NOC1([AsH2])OO1.[MgH2]. The molecule has 1 unspecified atom stereocenters. The molecule has 1 heterocycles. The van der Waals surface area contributed by atoms with Crippen LogP contribution in [0.1, 0.15) is 0 Å². The zero-order valence-electron chi connectivity index (χ0n) is 2.88. The summed E-state index contributed by atoms with van der Waals surface area (Å²) in [6.45, 7) is 0. The van der Waals surface area contributed by atoms with Crippen molar-refractivity contribution in [1.29, 1.82) is 0 Å². The topological polar surface area (TPSA) is 60.3 Å². The molecule has 0 aromatic rings. The van der Waals surface area contributed by atoms with Crippen LogP contribution < -0.4 is 5.90 Å². The van der Waals surface area contributed by atoms with E-state index in [1.54, 1.807) is 0 Å². The Morgan fingerprint density at radius 1 is 1.57 bits per heavy atom. The maximum Gasteiger partial charge on any atom is 0.316 e. The van der Waals surface area contributed by atoms with Crippen molar-refractivity contribution in [2.24, 2.45) is 5.90 Å². The van der Waals surface area contributed by atoms with Crippen LogP contribution in [0, 0.1) is 0 Å². The molecule has 2 N–H and O–H groups in total. The van der Waals surface area contributed by atoms with Crippen LogP contribution in [0.3, 0.4) is 0 Å². The second-order valence-electron chi connectivity index (χ2n) is 0.888. The van der Waals surface area contributed by atoms with E-state index < -0.39 is 4.76 Å². The second kappa shape index (κ2) is 2.64. The van der Waals surface area contributed by atoms with Crippen LogP contribution in [-0.4, -0.2) is 44.7 Å². The monoisotopic (exact) mass is 179 g/mol. The molecule has 0 saturated carbocycles. The van der Waals surface area contributed by atoms with Gasteiger partial charge in [0.05, 0.1) is 0 Å². The Morgan fingerprint density at radius 2 is 2.00 bits per heavy atom. The molecule has 1 aliphatic heterocycles. The number of hydrogen-bond donors (Lipinski definition) is 1. The average Bonchev–Trinajstić information content (AvgIpc) is 2.22. The molecule has 1 atom stereocenters. The molecular weight excluding hydrogens is 173 g/mol. The predicted molar refractivity (Wildman–Crippen MR) is 27.3 cm³/mol. The van der Waals surface area contributed by atoms with E-state index in [2.05, 4.69) is 20.5 Å². The summed E-state index contributed by atoms with van der Waals surface area (Å²) in [5, 5.41) is 0. The van der Waals surface area contributed by atoms with Crippen LogP contribution in [0.15, 0.2) is 0 Å². The molecule has 0 aromatic heterocycles. The Morgan fingerprint density at radius 3 is 2.00 bits per heavy atom. The fourth-order valence-corrected chi connectivity index (χ4v) is 0.181. The third kappa shape index (κ3) is 2.28.